The molecule has 0 unspecified atom stereocenters. The Labute approximate surface area is 123 Å². The van der Waals surface area contributed by atoms with Crippen LogP contribution in [-0.2, 0) is 16.0 Å². The van der Waals surface area contributed by atoms with Crippen LogP contribution in [0.1, 0.15) is 39.4 Å². The zero-order chi connectivity index (χ0) is 15.7. The number of hydrogen-bond acceptors (Lipinski definition) is 5. The lowest BCUT2D eigenvalue weighted by Crippen LogP contribution is -2.60. The van der Waals surface area contributed by atoms with Crippen LogP contribution in [0.4, 0.5) is 4.79 Å². The van der Waals surface area contributed by atoms with Crippen molar-refractivity contribution in [3.63, 3.8) is 0 Å². The first-order valence-corrected chi connectivity index (χ1v) is 6.99. The molecule has 0 spiro atoms. The zero-order valence-electron chi connectivity index (χ0n) is 12.5. The highest BCUT2D eigenvalue weighted by Crippen LogP contribution is 2.34. The van der Waals surface area contributed by atoms with Crippen molar-refractivity contribution >= 4 is 12.1 Å². The Bertz CT molecular complexity index is 517. The average Bonchev–Trinajstić information content (AvgIpc) is 2.96. The fraction of sp³-hybridized carbons (Fsp3) is 0.600. The molecule has 1 aromatic rings. The molecule has 0 radical (unpaired) electrons. The molecule has 0 bridgehead atoms. The molecule has 1 aliphatic rings. The topological polar surface area (TPSA) is 82.8 Å². The second kappa shape index (κ2) is 5.42. The lowest BCUT2D eigenvalue weighted by molar-refractivity contribution is -0.317. The lowest BCUT2D eigenvalue weighted by atomic mass is 9.91. The molecule has 21 heavy (non-hydrogen) atoms. The molecule has 6 heteroatoms. The van der Waals surface area contributed by atoms with E-state index in [4.69, 9.17) is 9.15 Å². The Morgan fingerprint density at radius 3 is 2.71 bits per heavy atom. The van der Waals surface area contributed by atoms with Crippen molar-refractivity contribution in [2.75, 3.05) is 6.54 Å². The van der Waals surface area contributed by atoms with Crippen LogP contribution < -0.4 is 5.11 Å². The molecule has 6 nitrogen and oxygen atoms in total. The molecule has 0 saturated carbocycles. The van der Waals surface area contributed by atoms with Crippen LogP contribution in [-0.4, -0.2) is 34.6 Å². The monoisotopic (exact) mass is 294 g/mol. The molecule has 1 atom stereocenters. The summed E-state index contributed by atoms with van der Waals surface area (Å²) >= 11 is 0. The van der Waals surface area contributed by atoms with E-state index < -0.39 is 23.2 Å². The summed E-state index contributed by atoms with van der Waals surface area (Å²) in [7, 11) is 0. The summed E-state index contributed by atoms with van der Waals surface area (Å²) in [4.78, 5) is 25.3. The quantitative estimate of drug-likeness (QED) is 0.840. The number of aliphatic carboxylic acids is 1. The summed E-state index contributed by atoms with van der Waals surface area (Å²) in [5.74, 6) is -0.767. The molecule has 116 valence electrons. The van der Waals surface area contributed by atoms with Crippen LogP contribution in [0.2, 0.25) is 0 Å². The number of nitrogens with zero attached hydrogens (tertiary/aromatic N) is 1. The summed E-state index contributed by atoms with van der Waals surface area (Å²) in [6.45, 7) is 5.57. The molecular formula is C15H20NO5-. The van der Waals surface area contributed by atoms with E-state index in [2.05, 4.69) is 0 Å². The third-order valence-corrected chi connectivity index (χ3v) is 3.53. The molecule has 1 amide bonds. The van der Waals surface area contributed by atoms with Crippen molar-refractivity contribution in [1.29, 1.82) is 0 Å². The number of carbonyl (C=O) groups excluding carboxylic acids is 2. The van der Waals surface area contributed by atoms with Gasteiger partial charge in [0.15, 0.2) is 0 Å². The number of amides is 1. The van der Waals surface area contributed by atoms with Gasteiger partial charge in [-0.2, -0.15) is 0 Å². The van der Waals surface area contributed by atoms with Crippen LogP contribution in [0.15, 0.2) is 22.8 Å². The third kappa shape index (κ3) is 3.20. The van der Waals surface area contributed by atoms with Gasteiger partial charge in [-0.3, -0.25) is 4.90 Å². The number of carbonyl (C=O) groups is 2. The number of rotatable bonds is 3. The lowest BCUT2D eigenvalue weighted by Gasteiger charge is -2.39. The first-order valence-electron chi connectivity index (χ1n) is 6.99. The van der Waals surface area contributed by atoms with Crippen LogP contribution >= 0.6 is 0 Å². The van der Waals surface area contributed by atoms with Crippen molar-refractivity contribution in [3.05, 3.63) is 24.2 Å². The summed E-state index contributed by atoms with van der Waals surface area (Å²) in [5.41, 5.74) is -2.08. The molecular weight excluding hydrogens is 274 g/mol. The van der Waals surface area contributed by atoms with Crippen molar-refractivity contribution in [2.45, 2.75) is 51.2 Å². The Hall–Kier alpha value is -1.98. The van der Waals surface area contributed by atoms with Crippen LogP contribution in [0.25, 0.3) is 0 Å². The average molecular weight is 294 g/mol. The Kier molecular flexibility index (Phi) is 3.98. The predicted octanol–water partition coefficient (Wildman–Crippen LogP) is 1.34. The maximum absolute atomic E-state index is 12.3. The highest BCUT2D eigenvalue weighted by atomic mass is 16.6. The predicted molar refractivity (Wildman–Crippen MR) is 72.3 cm³/mol. The maximum atomic E-state index is 12.3. The maximum Gasteiger partial charge on any atom is 0.411 e. The fourth-order valence-electron chi connectivity index (χ4n) is 2.63. The minimum Gasteiger partial charge on any atom is -0.548 e. The third-order valence-electron chi connectivity index (χ3n) is 3.53. The van der Waals surface area contributed by atoms with Gasteiger partial charge in [-0.1, -0.05) is 0 Å². The number of ether oxygens (including phenoxy) is 1. The zero-order valence-corrected chi connectivity index (χ0v) is 12.5. The Morgan fingerprint density at radius 1 is 1.48 bits per heavy atom. The number of carboxylic acid groups (broad SMARTS) is 1. The fourth-order valence-corrected chi connectivity index (χ4v) is 2.63. The van der Waals surface area contributed by atoms with Crippen molar-refractivity contribution in [1.82, 2.24) is 4.90 Å². The first kappa shape index (κ1) is 15.4. The van der Waals surface area contributed by atoms with E-state index in [1.54, 1.807) is 32.9 Å². The van der Waals surface area contributed by atoms with Gasteiger partial charge in [0, 0.05) is 13.0 Å². The van der Waals surface area contributed by atoms with Crippen molar-refractivity contribution < 1.29 is 23.8 Å². The van der Waals surface area contributed by atoms with E-state index in [-0.39, 0.29) is 6.42 Å². The molecule has 2 heterocycles. The highest BCUT2D eigenvalue weighted by molar-refractivity contribution is 5.84. The second-order valence-electron chi connectivity index (χ2n) is 6.31. The van der Waals surface area contributed by atoms with E-state index in [1.165, 1.54) is 11.2 Å². The van der Waals surface area contributed by atoms with Crippen LogP contribution in [0, 0.1) is 0 Å². The first-order chi connectivity index (χ1) is 9.74. The van der Waals surface area contributed by atoms with Crippen molar-refractivity contribution in [2.24, 2.45) is 0 Å². The highest BCUT2D eigenvalue weighted by Gasteiger charge is 2.47. The molecule has 1 fully saturated rings. The van der Waals surface area contributed by atoms with Gasteiger partial charge in [0.05, 0.1) is 17.8 Å². The van der Waals surface area contributed by atoms with E-state index in [0.29, 0.717) is 25.1 Å². The molecule has 0 aliphatic carbocycles. The number of furan rings is 1. The largest absolute Gasteiger partial charge is 0.548 e. The van der Waals surface area contributed by atoms with Gasteiger partial charge >= 0.3 is 6.09 Å². The van der Waals surface area contributed by atoms with Crippen LogP contribution in [0.3, 0.4) is 0 Å². The standard InChI is InChI=1S/C15H21NO5/c1-14(2,3)21-13(19)16-8-5-7-15(16,12(17)18)10-11-6-4-9-20-11/h4,6,9H,5,7-8,10H2,1-3H3,(H,17,18)/p-1/t15-/m0/s1. The van der Waals surface area contributed by atoms with Gasteiger partial charge in [0.1, 0.15) is 11.4 Å². The van der Waals surface area contributed by atoms with E-state index in [0.717, 1.165) is 0 Å². The molecule has 2 rings (SSSR count). The second-order valence-corrected chi connectivity index (χ2v) is 6.31. The number of likely N-dealkylation sites (tertiary alicyclic amines) is 1. The van der Waals surface area contributed by atoms with Gasteiger partial charge in [-0.05, 0) is 45.7 Å². The van der Waals surface area contributed by atoms with E-state index >= 15 is 0 Å². The van der Waals surface area contributed by atoms with E-state index in [1.807, 2.05) is 0 Å². The van der Waals surface area contributed by atoms with Gasteiger partial charge in [-0.15, -0.1) is 0 Å². The van der Waals surface area contributed by atoms with Gasteiger partial charge in [-0.25, -0.2) is 4.79 Å². The van der Waals surface area contributed by atoms with E-state index in [9.17, 15) is 14.7 Å². The molecule has 0 N–H and O–H groups in total. The SMILES string of the molecule is CC(C)(C)OC(=O)N1CCC[C@]1(Cc1ccco1)C(=O)[O-]. The summed E-state index contributed by atoms with van der Waals surface area (Å²) in [6, 6.07) is 3.38. The van der Waals surface area contributed by atoms with Gasteiger partial charge in [0.2, 0.25) is 0 Å². The van der Waals surface area contributed by atoms with Gasteiger partial charge < -0.3 is 19.1 Å². The smallest absolute Gasteiger partial charge is 0.411 e. The summed E-state index contributed by atoms with van der Waals surface area (Å²) < 4.78 is 10.5. The minimum atomic E-state index is -1.40. The molecule has 1 aromatic heterocycles. The van der Waals surface area contributed by atoms with Gasteiger partial charge in [0.25, 0.3) is 0 Å². The molecule has 1 saturated heterocycles. The summed E-state index contributed by atoms with van der Waals surface area (Å²) in [6.07, 6.45) is 1.85. The Balaban J connectivity index is 2.26. The summed E-state index contributed by atoms with van der Waals surface area (Å²) in [5, 5.41) is 11.7. The molecule has 1 aliphatic heterocycles. The number of hydrogen-bond donors (Lipinski definition) is 0. The van der Waals surface area contributed by atoms with Crippen LogP contribution in [0.5, 0.6) is 0 Å². The Morgan fingerprint density at radius 2 is 2.19 bits per heavy atom. The molecule has 0 aromatic carbocycles. The minimum absolute atomic E-state index is 0.0849. The number of carboxylic acids is 1. The normalized spacial score (nSPS) is 22.3. The van der Waals surface area contributed by atoms with Crippen molar-refractivity contribution in [3.8, 4) is 0 Å².